The number of amides is 3. The number of carbonyl (C=O) groups excluding carboxylic acids is 3. The predicted molar refractivity (Wildman–Crippen MR) is 116 cm³/mol. The molecule has 3 amide bonds. The van der Waals surface area contributed by atoms with Gasteiger partial charge in [0.25, 0.3) is 5.91 Å². The minimum Gasteiger partial charge on any atom is -0.475 e. The molecule has 3 aliphatic rings. The Labute approximate surface area is 202 Å². The summed E-state index contributed by atoms with van der Waals surface area (Å²) in [6.07, 6.45) is -0.400. The zero-order valence-electron chi connectivity index (χ0n) is 18.9. The fourth-order valence-corrected chi connectivity index (χ4v) is 4.41. The van der Waals surface area contributed by atoms with Crippen LogP contribution < -0.4 is 10.6 Å². The molecule has 192 valence electrons. The number of nitrogens with one attached hydrogen (secondary N) is 2. The number of hydrogen-bond donors (Lipinski definition) is 3. The smallest absolute Gasteiger partial charge is 0.475 e. The van der Waals surface area contributed by atoms with Gasteiger partial charge in [0.15, 0.2) is 0 Å². The van der Waals surface area contributed by atoms with E-state index in [2.05, 4.69) is 20.9 Å². The number of piperidine rings is 2. The molecule has 1 atom stereocenters. The molecule has 5 rings (SSSR count). The van der Waals surface area contributed by atoms with Crippen molar-refractivity contribution in [2.45, 2.75) is 50.4 Å². The summed E-state index contributed by atoms with van der Waals surface area (Å²) in [4.78, 5) is 46.8. The number of imide groups is 1. The molecule has 14 heteroatoms. The summed E-state index contributed by atoms with van der Waals surface area (Å²) in [6.45, 7) is 2.34. The third-order valence-corrected chi connectivity index (χ3v) is 6.28. The van der Waals surface area contributed by atoms with Gasteiger partial charge in [-0.15, -0.1) is 5.10 Å². The summed E-state index contributed by atoms with van der Waals surface area (Å²) in [5.74, 6) is -3.19. The monoisotopic (exact) mass is 508 g/mol. The van der Waals surface area contributed by atoms with Crippen LogP contribution in [-0.4, -0.2) is 74.0 Å². The fourth-order valence-electron chi connectivity index (χ4n) is 4.41. The summed E-state index contributed by atoms with van der Waals surface area (Å²) in [7, 11) is 0. The second kappa shape index (κ2) is 10.0. The Morgan fingerprint density at radius 3 is 2.44 bits per heavy atom. The van der Waals surface area contributed by atoms with Crippen LogP contribution in [0.15, 0.2) is 24.4 Å². The Balaban J connectivity index is 0.000000384. The molecule has 2 saturated heterocycles. The largest absolute Gasteiger partial charge is 0.490 e. The fraction of sp³-hybridized carbons (Fsp3) is 0.455. The standard InChI is InChI=1S/C20H22N6O3.C2HF3O2/c27-18-4-3-17(19(28)22-18)25-10-13-9-14(1-2-15(13)20(25)29)26-11-16(23-24-26)12-5-7-21-8-6-12;3-2(4,5)1(6)7/h1-2,9,11-12,17,21H,3-8,10H2,(H,22,27,28);(H,6,7). The van der Waals surface area contributed by atoms with Crippen molar-refractivity contribution < 1.29 is 37.5 Å². The van der Waals surface area contributed by atoms with Gasteiger partial charge in [0, 0.05) is 24.4 Å². The Hall–Kier alpha value is -3.81. The zero-order chi connectivity index (χ0) is 26.0. The second-order valence-corrected chi connectivity index (χ2v) is 8.66. The number of carbonyl (C=O) groups is 4. The lowest BCUT2D eigenvalue weighted by molar-refractivity contribution is -0.192. The van der Waals surface area contributed by atoms with Crippen LogP contribution in [0.1, 0.15) is 53.2 Å². The summed E-state index contributed by atoms with van der Waals surface area (Å²) >= 11 is 0. The number of alkyl halides is 3. The molecule has 0 aliphatic carbocycles. The molecule has 0 spiro atoms. The van der Waals surface area contributed by atoms with Crippen LogP contribution in [0.4, 0.5) is 13.2 Å². The SMILES string of the molecule is O=C(O)C(F)(F)F.O=C1CCC(N2Cc3cc(-n4cc(C5CCNCC5)nn4)ccc3C2=O)C(=O)N1. The highest BCUT2D eigenvalue weighted by molar-refractivity contribution is 6.05. The lowest BCUT2D eigenvalue weighted by atomic mass is 9.95. The first kappa shape index (κ1) is 25.3. The lowest BCUT2D eigenvalue weighted by Gasteiger charge is -2.29. The Morgan fingerprint density at radius 2 is 1.81 bits per heavy atom. The average Bonchev–Trinajstić information content (AvgIpc) is 3.45. The number of carboxylic acids is 1. The molecule has 36 heavy (non-hydrogen) atoms. The maximum atomic E-state index is 12.8. The molecule has 2 aromatic rings. The van der Waals surface area contributed by atoms with Gasteiger partial charge in [-0.25, -0.2) is 9.48 Å². The van der Waals surface area contributed by atoms with Crippen molar-refractivity contribution in [3.63, 3.8) is 0 Å². The Kier molecular flexibility index (Phi) is 7.06. The van der Waals surface area contributed by atoms with E-state index in [1.807, 2.05) is 18.3 Å². The van der Waals surface area contributed by atoms with Crippen molar-refractivity contribution in [2.24, 2.45) is 0 Å². The number of halogens is 3. The number of carboxylic acid groups (broad SMARTS) is 1. The van der Waals surface area contributed by atoms with Gasteiger partial charge in [0.2, 0.25) is 11.8 Å². The predicted octanol–water partition coefficient (Wildman–Crippen LogP) is 1.13. The first-order valence-corrected chi connectivity index (χ1v) is 11.3. The lowest BCUT2D eigenvalue weighted by Crippen LogP contribution is -2.52. The highest BCUT2D eigenvalue weighted by Crippen LogP contribution is 2.29. The third kappa shape index (κ3) is 5.37. The molecule has 0 radical (unpaired) electrons. The van der Waals surface area contributed by atoms with Crippen molar-refractivity contribution in [3.05, 3.63) is 41.2 Å². The molecule has 3 aliphatic heterocycles. The topological polar surface area (TPSA) is 147 Å². The first-order chi connectivity index (χ1) is 17.0. The molecule has 0 saturated carbocycles. The van der Waals surface area contributed by atoms with Crippen molar-refractivity contribution >= 4 is 23.7 Å². The van der Waals surface area contributed by atoms with Gasteiger partial charge in [-0.05, 0) is 56.1 Å². The number of hydrogen-bond acceptors (Lipinski definition) is 7. The van der Waals surface area contributed by atoms with Crippen molar-refractivity contribution in [1.29, 1.82) is 0 Å². The van der Waals surface area contributed by atoms with Crippen LogP contribution >= 0.6 is 0 Å². The molecule has 1 aromatic carbocycles. The van der Waals surface area contributed by atoms with Crippen molar-refractivity contribution in [1.82, 2.24) is 30.5 Å². The number of aromatic nitrogens is 3. The highest BCUT2D eigenvalue weighted by Gasteiger charge is 2.39. The third-order valence-electron chi connectivity index (χ3n) is 6.28. The average molecular weight is 508 g/mol. The first-order valence-electron chi connectivity index (χ1n) is 11.3. The van der Waals surface area contributed by atoms with Gasteiger partial charge >= 0.3 is 12.1 Å². The van der Waals surface area contributed by atoms with E-state index in [9.17, 15) is 27.6 Å². The molecular weight excluding hydrogens is 485 g/mol. The van der Waals surface area contributed by atoms with Gasteiger partial charge in [0.05, 0.1) is 17.6 Å². The minimum absolute atomic E-state index is 0.171. The summed E-state index contributed by atoms with van der Waals surface area (Å²) in [6, 6.07) is 4.96. The Morgan fingerprint density at radius 1 is 1.11 bits per heavy atom. The van der Waals surface area contributed by atoms with E-state index in [0.29, 0.717) is 24.4 Å². The summed E-state index contributed by atoms with van der Waals surface area (Å²) < 4.78 is 33.5. The number of aliphatic carboxylic acids is 1. The van der Waals surface area contributed by atoms with Gasteiger partial charge in [-0.2, -0.15) is 13.2 Å². The number of fused-ring (bicyclic) bond motifs is 1. The number of nitrogens with zero attached hydrogens (tertiary/aromatic N) is 4. The molecule has 1 aromatic heterocycles. The molecule has 4 heterocycles. The van der Waals surface area contributed by atoms with Gasteiger partial charge in [0.1, 0.15) is 6.04 Å². The molecule has 11 nitrogen and oxygen atoms in total. The van der Waals surface area contributed by atoms with E-state index >= 15 is 0 Å². The van der Waals surface area contributed by atoms with Crippen LogP contribution in [0.25, 0.3) is 5.69 Å². The van der Waals surface area contributed by atoms with E-state index in [1.54, 1.807) is 15.6 Å². The summed E-state index contributed by atoms with van der Waals surface area (Å²) in [5.41, 5.74) is 3.29. The van der Waals surface area contributed by atoms with Crippen LogP contribution in [0.2, 0.25) is 0 Å². The molecule has 1 unspecified atom stereocenters. The van der Waals surface area contributed by atoms with Gasteiger partial charge in [-0.3, -0.25) is 19.7 Å². The zero-order valence-corrected chi connectivity index (χ0v) is 18.9. The second-order valence-electron chi connectivity index (χ2n) is 8.66. The van der Waals surface area contributed by atoms with Crippen LogP contribution in [0.5, 0.6) is 0 Å². The highest BCUT2D eigenvalue weighted by atomic mass is 19.4. The minimum atomic E-state index is -5.08. The van der Waals surface area contributed by atoms with Gasteiger partial charge < -0.3 is 15.3 Å². The number of rotatable bonds is 3. The summed E-state index contributed by atoms with van der Waals surface area (Å²) in [5, 5.41) is 21.4. The maximum Gasteiger partial charge on any atom is 0.490 e. The van der Waals surface area contributed by atoms with Gasteiger partial charge in [-0.1, -0.05) is 5.21 Å². The van der Waals surface area contributed by atoms with Crippen molar-refractivity contribution in [3.8, 4) is 5.69 Å². The van der Waals surface area contributed by atoms with Crippen LogP contribution in [0, 0.1) is 0 Å². The van der Waals surface area contributed by atoms with E-state index in [0.717, 1.165) is 42.9 Å². The Bertz CT molecular complexity index is 1190. The normalized spacial score (nSPS) is 20.5. The van der Waals surface area contributed by atoms with E-state index in [1.165, 1.54) is 0 Å². The molecule has 2 fully saturated rings. The van der Waals surface area contributed by atoms with E-state index in [4.69, 9.17) is 9.90 Å². The molecule has 3 N–H and O–H groups in total. The van der Waals surface area contributed by atoms with Crippen LogP contribution in [0.3, 0.4) is 0 Å². The molecule has 0 bridgehead atoms. The quantitative estimate of drug-likeness (QED) is 0.523. The maximum absolute atomic E-state index is 12.8. The van der Waals surface area contributed by atoms with E-state index in [-0.39, 0.29) is 18.2 Å². The number of benzene rings is 1. The van der Waals surface area contributed by atoms with Crippen LogP contribution in [-0.2, 0) is 20.9 Å². The van der Waals surface area contributed by atoms with Crippen molar-refractivity contribution in [2.75, 3.05) is 13.1 Å². The van der Waals surface area contributed by atoms with E-state index < -0.39 is 24.1 Å². The molecular formula is C22H23F3N6O5.